The van der Waals surface area contributed by atoms with Crippen LogP contribution >= 0.6 is 0 Å². The Morgan fingerprint density at radius 1 is 1.55 bits per heavy atom. The van der Waals surface area contributed by atoms with Crippen molar-refractivity contribution in [2.75, 3.05) is 0 Å². The molecule has 0 spiro atoms. The van der Waals surface area contributed by atoms with Gasteiger partial charge in [-0.05, 0) is 11.0 Å². The molecule has 0 radical (unpaired) electrons. The zero-order valence-electron chi connectivity index (χ0n) is 6.94. The molecule has 11 heavy (non-hydrogen) atoms. The first-order valence-corrected chi connectivity index (χ1v) is 3.47. The van der Waals surface area contributed by atoms with Crippen molar-refractivity contribution in [3.63, 3.8) is 0 Å². The molecule has 0 unspecified atom stereocenters. The van der Waals surface area contributed by atoms with Crippen LogP contribution in [0.25, 0.3) is 0 Å². The molecule has 0 N–H and O–H groups in total. The first-order chi connectivity index (χ1) is 5.22. The summed E-state index contributed by atoms with van der Waals surface area (Å²) in [7, 11) is 1.64. The Bertz CT molecular complexity index is 230. The predicted molar refractivity (Wildman–Crippen MR) is 43.4 cm³/mol. The van der Waals surface area contributed by atoms with Crippen LogP contribution in [0.1, 0.15) is 13.8 Å². The average Bonchev–Trinajstić information content (AvgIpc) is 2.39. The highest BCUT2D eigenvalue weighted by molar-refractivity contribution is 5.20. The van der Waals surface area contributed by atoms with Crippen molar-refractivity contribution in [3.05, 3.63) is 28.4 Å². The van der Waals surface area contributed by atoms with E-state index in [-0.39, 0.29) is 5.82 Å². The molecule has 1 aromatic rings. The molecule has 0 aliphatic carbocycles. The SMILES string of the molecule is CC.Cn1cccc1[N+](=O)[O-]. The van der Waals surface area contributed by atoms with Gasteiger partial charge in [0.1, 0.15) is 0 Å². The number of hydrogen-bond acceptors (Lipinski definition) is 2. The Morgan fingerprint density at radius 2 is 2.09 bits per heavy atom. The van der Waals surface area contributed by atoms with Gasteiger partial charge in [0.15, 0.2) is 0 Å². The number of nitro groups is 1. The predicted octanol–water partition coefficient (Wildman–Crippen LogP) is 1.96. The molecule has 1 rings (SSSR count). The first kappa shape index (κ1) is 9.68. The van der Waals surface area contributed by atoms with Gasteiger partial charge in [-0.2, -0.15) is 0 Å². The van der Waals surface area contributed by atoms with E-state index < -0.39 is 4.92 Å². The normalized spacial score (nSPS) is 8.27. The summed E-state index contributed by atoms with van der Waals surface area (Å²) in [5.74, 6) is 0.120. The second kappa shape index (κ2) is 4.49. The molecule has 0 fully saturated rings. The summed E-state index contributed by atoms with van der Waals surface area (Å²) in [6.45, 7) is 4.00. The first-order valence-electron chi connectivity index (χ1n) is 3.47. The third-order valence-electron chi connectivity index (χ3n) is 1.10. The molecule has 0 bridgehead atoms. The van der Waals surface area contributed by atoms with Crippen molar-refractivity contribution < 1.29 is 4.92 Å². The fraction of sp³-hybridized carbons (Fsp3) is 0.429. The van der Waals surface area contributed by atoms with Gasteiger partial charge in [-0.1, -0.05) is 13.8 Å². The monoisotopic (exact) mass is 156 g/mol. The van der Waals surface area contributed by atoms with E-state index in [9.17, 15) is 10.1 Å². The fourth-order valence-corrected chi connectivity index (χ4v) is 0.642. The van der Waals surface area contributed by atoms with Gasteiger partial charge >= 0.3 is 5.82 Å². The standard InChI is InChI=1S/C5H6N2O2.C2H6/c1-6-4-2-3-5(6)7(8)9;1-2/h2-4H,1H3;1-2H3. The lowest BCUT2D eigenvalue weighted by atomic mass is 10.6. The minimum absolute atomic E-state index is 0.120. The fourth-order valence-electron chi connectivity index (χ4n) is 0.642. The smallest absolute Gasteiger partial charge is 0.322 e. The molecule has 0 atom stereocenters. The van der Waals surface area contributed by atoms with E-state index in [4.69, 9.17) is 0 Å². The van der Waals surface area contributed by atoms with Crippen LogP contribution in [0.15, 0.2) is 18.3 Å². The third-order valence-corrected chi connectivity index (χ3v) is 1.10. The van der Waals surface area contributed by atoms with Gasteiger partial charge in [0, 0.05) is 6.07 Å². The second-order valence-corrected chi connectivity index (χ2v) is 1.73. The quantitative estimate of drug-likeness (QED) is 0.461. The Kier molecular flexibility index (Phi) is 3.95. The minimum atomic E-state index is -0.417. The lowest BCUT2D eigenvalue weighted by Crippen LogP contribution is -1.94. The number of aryl methyl sites for hydroxylation is 1. The van der Waals surface area contributed by atoms with Crippen molar-refractivity contribution in [2.45, 2.75) is 13.8 Å². The molecular weight excluding hydrogens is 144 g/mol. The van der Waals surface area contributed by atoms with Crippen molar-refractivity contribution in [3.8, 4) is 0 Å². The number of hydrogen-bond donors (Lipinski definition) is 0. The number of rotatable bonds is 1. The minimum Gasteiger partial charge on any atom is -0.358 e. The highest BCUT2D eigenvalue weighted by Gasteiger charge is 2.04. The maximum atomic E-state index is 10.1. The van der Waals surface area contributed by atoms with Crippen LogP contribution < -0.4 is 0 Å². The summed E-state index contributed by atoms with van der Waals surface area (Å²) >= 11 is 0. The molecule has 0 amide bonds. The van der Waals surface area contributed by atoms with Gasteiger partial charge in [0.05, 0.1) is 13.2 Å². The van der Waals surface area contributed by atoms with Gasteiger partial charge in [0.2, 0.25) is 0 Å². The summed E-state index contributed by atoms with van der Waals surface area (Å²) < 4.78 is 1.46. The number of nitrogens with zero attached hydrogens (tertiary/aromatic N) is 2. The van der Waals surface area contributed by atoms with E-state index in [0.29, 0.717) is 0 Å². The van der Waals surface area contributed by atoms with Crippen LogP contribution in [-0.2, 0) is 7.05 Å². The van der Waals surface area contributed by atoms with E-state index in [1.54, 1.807) is 19.3 Å². The summed E-state index contributed by atoms with van der Waals surface area (Å²) in [6.07, 6.45) is 1.64. The van der Waals surface area contributed by atoms with Gasteiger partial charge in [-0.15, -0.1) is 0 Å². The van der Waals surface area contributed by atoms with Crippen LogP contribution in [0, 0.1) is 10.1 Å². The summed E-state index contributed by atoms with van der Waals surface area (Å²) in [5.41, 5.74) is 0. The molecule has 0 aliphatic rings. The van der Waals surface area contributed by atoms with E-state index in [1.165, 1.54) is 10.6 Å². The van der Waals surface area contributed by atoms with Crippen LogP contribution in [0.2, 0.25) is 0 Å². The zero-order chi connectivity index (χ0) is 8.85. The summed E-state index contributed by atoms with van der Waals surface area (Å²) in [4.78, 5) is 9.65. The lowest BCUT2D eigenvalue weighted by Gasteiger charge is -1.91. The van der Waals surface area contributed by atoms with Crippen molar-refractivity contribution in [1.29, 1.82) is 0 Å². The molecular formula is C7H12N2O2. The largest absolute Gasteiger partial charge is 0.358 e. The van der Waals surface area contributed by atoms with Crippen molar-refractivity contribution in [1.82, 2.24) is 4.57 Å². The topological polar surface area (TPSA) is 48.1 Å². The molecule has 1 heterocycles. The Hall–Kier alpha value is -1.32. The van der Waals surface area contributed by atoms with Gasteiger partial charge in [-0.25, -0.2) is 4.57 Å². The molecule has 4 heteroatoms. The lowest BCUT2D eigenvalue weighted by molar-refractivity contribution is -0.391. The molecule has 0 aromatic carbocycles. The highest BCUT2D eigenvalue weighted by Crippen LogP contribution is 2.07. The Labute approximate surface area is 65.6 Å². The summed E-state index contributed by atoms with van der Waals surface area (Å²) in [5, 5.41) is 10.1. The molecule has 0 saturated carbocycles. The second-order valence-electron chi connectivity index (χ2n) is 1.73. The molecule has 0 aliphatic heterocycles. The van der Waals surface area contributed by atoms with Gasteiger partial charge < -0.3 is 10.1 Å². The maximum Gasteiger partial charge on any atom is 0.322 e. The van der Waals surface area contributed by atoms with E-state index in [1.807, 2.05) is 13.8 Å². The Morgan fingerprint density at radius 3 is 2.27 bits per heavy atom. The average molecular weight is 156 g/mol. The molecule has 1 aromatic heterocycles. The highest BCUT2D eigenvalue weighted by atomic mass is 16.6. The molecule has 4 nitrogen and oxygen atoms in total. The van der Waals surface area contributed by atoms with Gasteiger partial charge in [-0.3, -0.25) is 0 Å². The zero-order valence-corrected chi connectivity index (χ0v) is 6.94. The van der Waals surface area contributed by atoms with E-state index >= 15 is 0 Å². The van der Waals surface area contributed by atoms with E-state index in [2.05, 4.69) is 0 Å². The number of aromatic nitrogens is 1. The summed E-state index contributed by atoms with van der Waals surface area (Å²) in [6, 6.07) is 3.10. The molecule has 0 saturated heterocycles. The van der Waals surface area contributed by atoms with Crippen LogP contribution in [0.5, 0.6) is 0 Å². The van der Waals surface area contributed by atoms with Crippen LogP contribution in [0.3, 0.4) is 0 Å². The van der Waals surface area contributed by atoms with Crippen molar-refractivity contribution >= 4 is 5.82 Å². The van der Waals surface area contributed by atoms with Crippen molar-refractivity contribution in [2.24, 2.45) is 7.05 Å². The van der Waals surface area contributed by atoms with Crippen LogP contribution in [-0.4, -0.2) is 9.49 Å². The van der Waals surface area contributed by atoms with E-state index in [0.717, 1.165) is 0 Å². The Balaban J connectivity index is 0.000000461. The van der Waals surface area contributed by atoms with Gasteiger partial charge in [0.25, 0.3) is 0 Å². The molecule has 62 valence electrons. The van der Waals surface area contributed by atoms with Crippen LogP contribution in [0.4, 0.5) is 5.82 Å². The third kappa shape index (κ3) is 2.41. The maximum absolute atomic E-state index is 10.1.